The Bertz CT molecular complexity index is 1020. The molecule has 0 radical (unpaired) electrons. The average Bonchev–Trinajstić information content (AvgIpc) is 3.16. The summed E-state index contributed by atoms with van der Waals surface area (Å²) in [6.07, 6.45) is 2.05. The van der Waals surface area contributed by atoms with E-state index in [2.05, 4.69) is 0 Å². The highest BCUT2D eigenvalue weighted by atomic mass is 32.2. The van der Waals surface area contributed by atoms with Gasteiger partial charge in [0.05, 0.1) is 11.5 Å². The Labute approximate surface area is 189 Å². The van der Waals surface area contributed by atoms with Gasteiger partial charge in [0, 0.05) is 12.6 Å². The lowest BCUT2D eigenvalue weighted by Crippen LogP contribution is -2.43. The highest BCUT2D eigenvalue weighted by molar-refractivity contribution is 7.91. The molecule has 3 rings (SSSR count). The Kier molecular flexibility index (Phi) is 8.27. The minimum absolute atomic E-state index is 0.0352. The van der Waals surface area contributed by atoms with Crippen LogP contribution >= 0.6 is 0 Å². The molecule has 7 nitrogen and oxygen atoms in total. The number of hydrogen-bond acceptors (Lipinski definition) is 6. The number of benzene rings is 2. The smallest absolute Gasteiger partial charge is 0.342 e. The molecule has 32 heavy (non-hydrogen) atoms. The maximum Gasteiger partial charge on any atom is 0.342 e. The van der Waals surface area contributed by atoms with E-state index in [0.717, 1.165) is 18.4 Å². The van der Waals surface area contributed by atoms with E-state index in [1.54, 1.807) is 29.2 Å². The number of para-hydroxylation sites is 1. The summed E-state index contributed by atoms with van der Waals surface area (Å²) in [5.41, 5.74) is 1.20. The Balaban J connectivity index is 1.62. The first-order valence-corrected chi connectivity index (χ1v) is 12.6. The number of amides is 1. The second-order valence-corrected chi connectivity index (χ2v) is 10.1. The summed E-state index contributed by atoms with van der Waals surface area (Å²) in [6.45, 7) is 2.31. The molecule has 0 aliphatic carbocycles. The third-order valence-electron chi connectivity index (χ3n) is 5.39. The molecule has 0 bridgehead atoms. The molecule has 1 aliphatic heterocycles. The van der Waals surface area contributed by atoms with Crippen LogP contribution < -0.4 is 4.74 Å². The Hall–Kier alpha value is -2.87. The molecule has 1 aliphatic rings. The molecule has 1 amide bonds. The molecule has 1 atom stereocenters. The summed E-state index contributed by atoms with van der Waals surface area (Å²) in [7, 11) is -3.13. The molecule has 1 heterocycles. The highest BCUT2D eigenvalue weighted by Gasteiger charge is 2.34. The van der Waals surface area contributed by atoms with Crippen molar-refractivity contribution in [3.63, 3.8) is 0 Å². The summed E-state index contributed by atoms with van der Waals surface area (Å²) in [4.78, 5) is 27.0. The third kappa shape index (κ3) is 6.56. The fraction of sp³-hybridized carbons (Fsp3) is 0.417. The van der Waals surface area contributed by atoms with Crippen LogP contribution in [-0.2, 0) is 26.0 Å². The number of hydrogen-bond donors (Lipinski definition) is 0. The zero-order valence-electron chi connectivity index (χ0n) is 18.2. The number of nitrogens with zero attached hydrogens (tertiary/aromatic N) is 1. The highest BCUT2D eigenvalue weighted by Crippen LogP contribution is 2.22. The van der Waals surface area contributed by atoms with Gasteiger partial charge in [0.25, 0.3) is 5.91 Å². The van der Waals surface area contributed by atoms with Crippen LogP contribution in [0.3, 0.4) is 0 Å². The predicted molar refractivity (Wildman–Crippen MR) is 121 cm³/mol. The first kappa shape index (κ1) is 23.8. The third-order valence-corrected chi connectivity index (χ3v) is 7.14. The lowest BCUT2D eigenvalue weighted by atomic mass is 10.2. The van der Waals surface area contributed by atoms with Gasteiger partial charge in [-0.3, -0.25) is 4.79 Å². The molecule has 1 saturated heterocycles. The predicted octanol–water partition coefficient (Wildman–Crippen LogP) is 3.24. The van der Waals surface area contributed by atoms with Crippen molar-refractivity contribution >= 4 is 21.7 Å². The molecule has 2 aromatic rings. The minimum atomic E-state index is -3.13. The molecule has 8 heteroatoms. The molecule has 0 saturated carbocycles. The number of rotatable bonds is 10. The van der Waals surface area contributed by atoms with Crippen molar-refractivity contribution in [2.75, 3.05) is 24.7 Å². The van der Waals surface area contributed by atoms with Crippen molar-refractivity contribution in [1.29, 1.82) is 0 Å². The van der Waals surface area contributed by atoms with Crippen LogP contribution in [0.5, 0.6) is 5.75 Å². The molecular weight excluding hydrogens is 430 g/mol. The van der Waals surface area contributed by atoms with E-state index in [-0.39, 0.29) is 29.0 Å². The number of esters is 1. The van der Waals surface area contributed by atoms with E-state index < -0.39 is 22.4 Å². The normalized spacial score (nSPS) is 17.0. The van der Waals surface area contributed by atoms with Gasteiger partial charge in [-0.15, -0.1) is 0 Å². The van der Waals surface area contributed by atoms with Crippen molar-refractivity contribution in [1.82, 2.24) is 4.90 Å². The van der Waals surface area contributed by atoms with E-state index in [1.165, 1.54) is 0 Å². The van der Waals surface area contributed by atoms with Gasteiger partial charge < -0.3 is 14.4 Å². The van der Waals surface area contributed by atoms with Gasteiger partial charge in [-0.25, -0.2) is 13.2 Å². The molecule has 0 spiro atoms. The van der Waals surface area contributed by atoms with Crippen LogP contribution in [-0.4, -0.2) is 55.9 Å². The van der Waals surface area contributed by atoms with Gasteiger partial charge in [0.15, 0.2) is 16.4 Å². The van der Waals surface area contributed by atoms with Crippen LogP contribution in [0.4, 0.5) is 0 Å². The van der Waals surface area contributed by atoms with Gasteiger partial charge in [-0.1, -0.05) is 55.8 Å². The summed E-state index contributed by atoms with van der Waals surface area (Å²) in [6, 6.07) is 15.9. The average molecular weight is 460 g/mol. The Morgan fingerprint density at radius 2 is 1.78 bits per heavy atom. The van der Waals surface area contributed by atoms with E-state index in [1.807, 2.05) is 37.3 Å². The van der Waals surface area contributed by atoms with Crippen molar-refractivity contribution in [2.24, 2.45) is 0 Å². The maximum atomic E-state index is 12.8. The Morgan fingerprint density at radius 1 is 1.06 bits per heavy atom. The van der Waals surface area contributed by atoms with E-state index in [9.17, 15) is 18.0 Å². The second kappa shape index (κ2) is 11.1. The molecular formula is C24H29NO6S. The second-order valence-electron chi connectivity index (χ2n) is 7.84. The quantitative estimate of drug-likeness (QED) is 0.507. The van der Waals surface area contributed by atoms with Gasteiger partial charge in [0.1, 0.15) is 17.9 Å². The zero-order chi connectivity index (χ0) is 23.0. The molecule has 172 valence electrons. The lowest BCUT2D eigenvalue weighted by Gasteiger charge is -2.28. The van der Waals surface area contributed by atoms with Gasteiger partial charge in [-0.05, 0) is 30.5 Å². The van der Waals surface area contributed by atoms with Gasteiger partial charge in [-0.2, -0.15) is 0 Å². The molecule has 1 fully saturated rings. The molecule has 2 aromatic carbocycles. The number of carbonyl (C=O) groups excluding carboxylic acids is 2. The summed E-state index contributed by atoms with van der Waals surface area (Å²) in [5.74, 6) is -0.613. The molecule has 0 aromatic heterocycles. The van der Waals surface area contributed by atoms with Crippen molar-refractivity contribution in [3.8, 4) is 5.75 Å². The standard InChI is InChI=1S/C24H29NO6S/c1-2-3-14-25(20-13-15-32(28,29)18-20)23(26)17-31-24(27)21-11-7-8-12-22(21)30-16-19-9-5-4-6-10-19/h4-12,20H,2-3,13-18H2,1H3. The zero-order valence-corrected chi connectivity index (χ0v) is 19.1. The summed E-state index contributed by atoms with van der Waals surface area (Å²) < 4.78 is 34.8. The van der Waals surface area contributed by atoms with Crippen molar-refractivity contribution in [2.45, 2.75) is 38.8 Å². The first-order chi connectivity index (χ1) is 15.4. The van der Waals surface area contributed by atoms with Crippen molar-refractivity contribution in [3.05, 3.63) is 65.7 Å². The molecule has 0 N–H and O–H groups in total. The SMILES string of the molecule is CCCCN(C(=O)COC(=O)c1ccccc1OCc1ccccc1)C1CCS(=O)(=O)C1. The van der Waals surface area contributed by atoms with Crippen molar-refractivity contribution < 1.29 is 27.5 Å². The number of unbranched alkanes of at least 4 members (excludes halogenated alkanes) is 1. The van der Waals surface area contributed by atoms with E-state index in [4.69, 9.17) is 9.47 Å². The number of ether oxygens (including phenoxy) is 2. The number of sulfone groups is 1. The minimum Gasteiger partial charge on any atom is -0.488 e. The van der Waals surface area contributed by atoms with Crippen LogP contribution in [0.15, 0.2) is 54.6 Å². The summed E-state index contributed by atoms with van der Waals surface area (Å²) in [5, 5.41) is 0. The lowest BCUT2D eigenvalue weighted by molar-refractivity contribution is -0.136. The van der Waals surface area contributed by atoms with Crippen LogP contribution in [0.1, 0.15) is 42.1 Å². The summed E-state index contributed by atoms with van der Waals surface area (Å²) >= 11 is 0. The largest absolute Gasteiger partial charge is 0.488 e. The first-order valence-electron chi connectivity index (χ1n) is 10.8. The van der Waals surface area contributed by atoms with Gasteiger partial charge in [0.2, 0.25) is 0 Å². The fourth-order valence-corrected chi connectivity index (χ4v) is 5.38. The van der Waals surface area contributed by atoms with Crippen LogP contribution in [0.25, 0.3) is 0 Å². The van der Waals surface area contributed by atoms with Crippen LogP contribution in [0, 0.1) is 0 Å². The van der Waals surface area contributed by atoms with E-state index in [0.29, 0.717) is 25.3 Å². The van der Waals surface area contributed by atoms with Gasteiger partial charge >= 0.3 is 5.97 Å². The monoisotopic (exact) mass is 459 g/mol. The fourth-order valence-electron chi connectivity index (χ4n) is 3.64. The van der Waals surface area contributed by atoms with E-state index >= 15 is 0 Å². The molecule has 1 unspecified atom stereocenters. The maximum absolute atomic E-state index is 12.8. The topological polar surface area (TPSA) is 90.0 Å². The van der Waals surface area contributed by atoms with Crippen LogP contribution in [0.2, 0.25) is 0 Å². The Morgan fingerprint density at radius 3 is 2.47 bits per heavy atom. The number of carbonyl (C=O) groups is 2.